The minimum absolute atomic E-state index is 0.0929. The monoisotopic (exact) mass is 267 g/mol. The molecule has 6 heteroatoms. The van der Waals surface area contributed by atoms with Crippen LogP contribution in [0.25, 0.3) is 0 Å². The van der Waals surface area contributed by atoms with Gasteiger partial charge >= 0.3 is 0 Å². The number of rotatable bonds is 5. The first-order valence-electron chi connectivity index (χ1n) is 6.61. The molecule has 2 heterocycles. The number of aromatic nitrogens is 1. The van der Waals surface area contributed by atoms with Crippen LogP contribution in [0.15, 0.2) is 10.6 Å². The van der Waals surface area contributed by atoms with Crippen molar-refractivity contribution in [2.75, 3.05) is 33.8 Å². The van der Waals surface area contributed by atoms with Crippen molar-refractivity contribution in [3.63, 3.8) is 0 Å². The molecule has 0 unspecified atom stereocenters. The third kappa shape index (κ3) is 3.78. The van der Waals surface area contributed by atoms with E-state index in [1.54, 1.807) is 18.1 Å². The minimum atomic E-state index is -0.0929. The molecule has 2 rings (SSSR count). The average molecular weight is 267 g/mol. The van der Waals surface area contributed by atoms with Gasteiger partial charge in [-0.2, -0.15) is 0 Å². The topological polar surface area (TPSA) is 67.6 Å². The summed E-state index contributed by atoms with van der Waals surface area (Å²) in [6.45, 7) is 3.18. The molecule has 1 fully saturated rings. The van der Waals surface area contributed by atoms with Gasteiger partial charge in [0, 0.05) is 26.8 Å². The summed E-state index contributed by atoms with van der Waals surface area (Å²) in [6, 6.07) is 1.64. The predicted molar refractivity (Wildman–Crippen MR) is 69.8 cm³/mol. The van der Waals surface area contributed by atoms with Gasteiger partial charge in [0.05, 0.1) is 0 Å². The zero-order chi connectivity index (χ0) is 13.7. The number of hydrogen-bond acceptors (Lipinski definition) is 5. The normalized spacial score (nSPS) is 16.5. The van der Waals surface area contributed by atoms with E-state index in [0.29, 0.717) is 24.0 Å². The summed E-state index contributed by atoms with van der Waals surface area (Å²) < 4.78 is 9.97. The number of hydrogen-bond donors (Lipinski definition) is 1. The summed E-state index contributed by atoms with van der Waals surface area (Å²) in [4.78, 5) is 13.9. The molecule has 1 aliphatic rings. The van der Waals surface area contributed by atoms with E-state index in [2.05, 4.69) is 10.5 Å². The second-order valence-corrected chi connectivity index (χ2v) is 4.99. The van der Waals surface area contributed by atoms with Gasteiger partial charge in [-0.15, -0.1) is 0 Å². The van der Waals surface area contributed by atoms with Gasteiger partial charge in [0.15, 0.2) is 11.5 Å². The molecule has 0 atom stereocenters. The molecule has 1 aromatic rings. The van der Waals surface area contributed by atoms with Crippen LogP contribution in [0, 0.1) is 5.92 Å². The number of piperidine rings is 1. The van der Waals surface area contributed by atoms with Gasteiger partial charge < -0.3 is 19.5 Å². The van der Waals surface area contributed by atoms with Crippen molar-refractivity contribution < 1.29 is 14.1 Å². The Bertz CT molecular complexity index is 413. The first-order chi connectivity index (χ1) is 9.20. The Hall–Kier alpha value is -1.40. The average Bonchev–Trinajstić information content (AvgIpc) is 2.88. The smallest absolute Gasteiger partial charge is 0.275 e. The molecule has 106 valence electrons. The van der Waals surface area contributed by atoms with E-state index in [-0.39, 0.29) is 5.91 Å². The Kier molecular flexibility index (Phi) is 4.93. The van der Waals surface area contributed by atoms with Crippen LogP contribution < -0.4 is 5.32 Å². The van der Waals surface area contributed by atoms with Crippen LogP contribution in [0.2, 0.25) is 0 Å². The summed E-state index contributed by atoms with van der Waals surface area (Å²) in [5.41, 5.74) is 0.350. The molecule has 6 nitrogen and oxygen atoms in total. The maximum Gasteiger partial charge on any atom is 0.275 e. The van der Waals surface area contributed by atoms with Gasteiger partial charge in [0.25, 0.3) is 5.91 Å². The van der Waals surface area contributed by atoms with E-state index in [9.17, 15) is 4.79 Å². The molecule has 0 aromatic carbocycles. The minimum Gasteiger partial charge on any atom is -0.377 e. The summed E-state index contributed by atoms with van der Waals surface area (Å²) in [7, 11) is 3.39. The van der Waals surface area contributed by atoms with Crippen molar-refractivity contribution in [1.29, 1.82) is 0 Å². The summed E-state index contributed by atoms with van der Waals surface area (Å²) in [6.07, 6.45) is 2.23. The first kappa shape index (κ1) is 14.0. The maximum absolute atomic E-state index is 12.2. The Morgan fingerprint density at radius 3 is 3.00 bits per heavy atom. The number of nitrogens with zero attached hydrogens (tertiary/aromatic N) is 2. The highest BCUT2D eigenvalue weighted by Crippen LogP contribution is 2.14. The molecule has 1 aromatic heterocycles. The Labute approximate surface area is 113 Å². The molecular weight excluding hydrogens is 246 g/mol. The van der Waals surface area contributed by atoms with Crippen LogP contribution in [0.1, 0.15) is 29.1 Å². The van der Waals surface area contributed by atoms with Crippen LogP contribution in [0.5, 0.6) is 0 Å². The number of methoxy groups -OCH3 is 1. The van der Waals surface area contributed by atoms with Crippen LogP contribution in [-0.2, 0) is 11.3 Å². The fourth-order valence-corrected chi connectivity index (χ4v) is 2.35. The van der Waals surface area contributed by atoms with Gasteiger partial charge in [-0.3, -0.25) is 4.79 Å². The molecule has 0 bridgehead atoms. The fraction of sp³-hybridized carbons (Fsp3) is 0.692. The van der Waals surface area contributed by atoms with Crippen LogP contribution in [0.3, 0.4) is 0 Å². The lowest BCUT2D eigenvalue weighted by Crippen LogP contribution is -2.37. The Morgan fingerprint density at radius 2 is 2.32 bits per heavy atom. The molecule has 1 aliphatic heterocycles. The Balaban J connectivity index is 1.89. The molecule has 19 heavy (non-hydrogen) atoms. The first-order valence-corrected chi connectivity index (χ1v) is 6.61. The van der Waals surface area contributed by atoms with Gasteiger partial charge in [0.1, 0.15) is 6.61 Å². The fourth-order valence-electron chi connectivity index (χ4n) is 2.35. The molecule has 0 aliphatic carbocycles. The largest absolute Gasteiger partial charge is 0.377 e. The molecular formula is C13H21N3O3. The number of ether oxygens (including phenoxy) is 1. The van der Waals surface area contributed by atoms with E-state index in [0.717, 1.165) is 32.5 Å². The summed E-state index contributed by atoms with van der Waals surface area (Å²) in [5.74, 6) is 1.05. The van der Waals surface area contributed by atoms with Gasteiger partial charge in [-0.1, -0.05) is 5.16 Å². The molecule has 0 saturated carbocycles. The van der Waals surface area contributed by atoms with E-state index in [4.69, 9.17) is 9.26 Å². The quantitative estimate of drug-likeness (QED) is 0.858. The SMILES string of the molecule is COCc1cc(C(=O)N(C)CC2CCNCC2)no1. The van der Waals surface area contributed by atoms with Gasteiger partial charge in [0.2, 0.25) is 0 Å². The highest BCUT2D eigenvalue weighted by atomic mass is 16.5. The molecule has 0 radical (unpaired) electrons. The van der Waals surface area contributed by atoms with Crippen LogP contribution >= 0.6 is 0 Å². The molecule has 1 N–H and O–H groups in total. The highest BCUT2D eigenvalue weighted by molar-refractivity contribution is 5.92. The summed E-state index contributed by atoms with van der Waals surface area (Å²) >= 11 is 0. The molecule has 1 saturated heterocycles. The van der Waals surface area contributed by atoms with E-state index < -0.39 is 0 Å². The predicted octanol–water partition coefficient (Wildman–Crippen LogP) is 0.893. The molecule has 0 spiro atoms. The third-order valence-corrected chi connectivity index (χ3v) is 3.40. The van der Waals surface area contributed by atoms with Crippen molar-refractivity contribution in [2.45, 2.75) is 19.4 Å². The Morgan fingerprint density at radius 1 is 1.58 bits per heavy atom. The van der Waals surface area contributed by atoms with Crippen molar-refractivity contribution >= 4 is 5.91 Å². The van der Waals surface area contributed by atoms with Crippen molar-refractivity contribution in [2.24, 2.45) is 5.92 Å². The second kappa shape index (κ2) is 6.68. The van der Waals surface area contributed by atoms with E-state index in [1.807, 2.05) is 7.05 Å². The van der Waals surface area contributed by atoms with Crippen molar-refractivity contribution in [3.05, 3.63) is 17.5 Å². The van der Waals surface area contributed by atoms with Crippen LogP contribution in [0.4, 0.5) is 0 Å². The van der Waals surface area contributed by atoms with E-state index >= 15 is 0 Å². The number of carbonyl (C=O) groups excluding carboxylic acids is 1. The molecule has 1 amide bonds. The lowest BCUT2D eigenvalue weighted by molar-refractivity contribution is 0.0752. The van der Waals surface area contributed by atoms with Crippen molar-refractivity contribution in [1.82, 2.24) is 15.4 Å². The lowest BCUT2D eigenvalue weighted by Gasteiger charge is -2.27. The highest BCUT2D eigenvalue weighted by Gasteiger charge is 2.21. The van der Waals surface area contributed by atoms with Gasteiger partial charge in [-0.05, 0) is 31.8 Å². The maximum atomic E-state index is 12.2. The van der Waals surface area contributed by atoms with E-state index in [1.165, 1.54) is 0 Å². The number of amides is 1. The number of carbonyl (C=O) groups is 1. The van der Waals surface area contributed by atoms with Crippen LogP contribution in [-0.4, -0.2) is 49.8 Å². The zero-order valence-electron chi connectivity index (χ0n) is 11.5. The summed E-state index contributed by atoms with van der Waals surface area (Å²) in [5, 5.41) is 7.11. The number of nitrogens with one attached hydrogen (secondary N) is 1. The van der Waals surface area contributed by atoms with Gasteiger partial charge in [-0.25, -0.2) is 0 Å². The lowest BCUT2D eigenvalue weighted by atomic mass is 9.97. The second-order valence-electron chi connectivity index (χ2n) is 4.99. The van der Waals surface area contributed by atoms with Crippen molar-refractivity contribution in [3.8, 4) is 0 Å². The zero-order valence-corrected chi connectivity index (χ0v) is 11.5. The third-order valence-electron chi connectivity index (χ3n) is 3.40. The standard InChI is InChI=1S/C13H21N3O3/c1-16(8-10-3-5-14-6-4-10)13(17)12-7-11(9-18-2)19-15-12/h7,10,14H,3-6,8-9H2,1-2H3.